The molecule has 0 aliphatic heterocycles. The van der Waals surface area contributed by atoms with Crippen LogP contribution in [0, 0.1) is 17.5 Å². The van der Waals surface area contributed by atoms with Crippen molar-refractivity contribution in [3.8, 4) is 11.3 Å². The number of anilines is 1. The summed E-state index contributed by atoms with van der Waals surface area (Å²) in [5.74, 6) is -5.22. The van der Waals surface area contributed by atoms with Gasteiger partial charge in [-0.1, -0.05) is 5.16 Å². The minimum atomic E-state index is -4.24. The normalized spacial score (nSPS) is 11.8. The highest BCUT2D eigenvalue weighted by Crippen LogP contribution is 2.31. The Kier molecular flexibility index (Phi) is 3.01. The average molecular weight is 292 g/mol. The number of nitrogens with two attached hydrogens (primary N) is 1. The molecule has 1 aromatic heterocycles. The average Bonchev–Trinajstić information content (AvgIpc) is 2.68. The molecule has 19 heavy (non-hydrogen) atoms. The van der Waals surface area contributed by atoms with Gasteiger partial charge in [0.1, 0.15) is 10.7 Å². The van der Waals surface area contributed by atoms with E-state index in [4.69, 9.17) is 5.73 Å². The van der Waals surface area contributed by atoms with Gasteiger partial charge >= 0.3 is 0 Å². The number of hydrogen-bond donors (Lipinski definition) is 1. The number of halogens is 3. The number of aromatic nitrogens is 1. The molecule has 102 valence electrons. The third-order valence-electron chi connectivity index (χ3n) is 2.28. The topological polar surface area (TPSA) is 86.2 Å². The number of sulfone groups is 1. The van der Waals surface area contributed by atoms with Crippen molar-refractivity contribution in [3.63, 3.8) is 0 Å². The zero-order valence-electron chi connectivity index (χ0n) is 9.45. The summed E-state index contributed by atoms with van der Waals surface area (Å²) in [6.45, 7) is 0. The Bertz CT molecular complexity index is 756. The molecule has 0 aliphatic carbocycles. The second-order valence-corrected chi connectivity index (χ2v) is 5.70. The lowest BCUT2D eigenvalue weighted by atomic mass is 10.1. The highest BCUT2D eigenvalue weighted by molar-refractivity contribution is 7.90. The predicted octanol–water partition coefficient (Wildman–Crippen LogP) is 1.74. The minimum absolute atomic E-state index is 0.109. The van der Waals surface area contributed by atoms with Crippen molar-refractivity contribution in [3.05, 3.63) is 29.6 Å². The quantitative estimate of drug-likeness (QED) is 0.852. The van der Waals surface area contributed by atoms with E-state index in [9.17, 15) is 21.6 Å². The first-order valence-corrected chi connectivity index (χ1v) is 6.71. The molecule has 0 saturated heterocycles. The van der Waals surface area contributed by atoms with Crippen LogP contribution in [0.15, 0.2) is 21.6 Å². The zero-order chi connectivity index (χ0) is 14.4. The summed E-state index contributed by atoms with van der Waals surface area (Å²) in [5, 5.41) is 3.24. The van der Waals surface area contributed by atoms with E-state index in [-0.39, 0.29) is 11.6 Å². The molecule has 9 heteroatoms. The van der Waals surface area contributed by atoms with Crippen LogP contribution >= 0.6 is 0 Å². The number of hydrogen-bond acceptors (Lipinski definition) is 5. The smallest absolute Gasteiger partial charge is 0.181 e. The molecule has 0 aliphatic rings. The number of rotatable bonds is 2. The number of nitrogens with zero attached hydrogens (tertiary/aromatic N) is 1. The Labute approximate surface area is 105 Å². The largest absolute Gasteiger partial charge is 0.381 e. The molecule has 2 rings (SSSR count). The fourth-order valence-corrected chi connectivity index (χ4v) is 2.34. The van der Waals surface area contributed by atoms with Crippen molar-refractivity contribution in [1.29, 1.82) is 0 Å². The first-order chi connectivity index (χ1) is 8.71. The molecular formula is C10H7F3N2O3S. The van der Waals surface area contributed by atoms with E-state index in [0.29, 0.717) is 12.3 Å². The van der Waals surface area contributed by atoms with Gasteiger partial charge < -0.3 is 10.3 Å². The maximum absolute atomic E-state index is 13.7. The van der Waals surface area contributed by atoms with Gasteiger partial charge in [-0.2, -0.15) is 0 Å². The monoisotopic (exact) mass is 292 g/mol. The first-order valence-electron chi connectivity index (χ1n) is 4.82. The summed E-state index contributed by atoms with van der Waals surface area (Å²) in [4.78, 5) is -1.33. The Morgan fingerprint density at radius 3 is 2.32 bits per heavy atom. The highest BCUT2D eigenvalue weighted by atomic mass is 32.2. The highest BCUT2D eigenvalue weighted by Gasteiger charge is 2.27. The molecule has 2 aromatic rings. The van der Waals surface area contributed by atoms with Crippen LogP contribution in [0.3, 0.4) is 0 Å². The third-order valence-corrected chi connectivity index (χ3v) is 3.40. The molecule has 1 heterocycles. The molecule has 0 spiro atoms. The molecular weight excluding hydrogens is 285 g/mol. The van der Waals surface area contributed by atoms with Gasteiger partial charge in [0.15, 0.2) is 33.0 Å². The number of nitrogen functional groups attached to an aromatic ring is 1. The van der Waals surface area contributed by atoms with Crippen molar-refractivity contribution in [1.82, 2.24) is 5.16 Å². The Morgan fingerprint density at radius 2 is 1.84 bits per heavy atom. The molecule has 2 N–H and O–H groups in total. The summed E-state index contributed by atoms with van der Waals surface area (Å²) in [7, 11) is -4.24. The van der Waals surface area contributed by atoms with Gasteiger partial charge in [0.2, 0.25) is 0 Å². The molecule has 5 nitrogen and oxygen atoms in total. The van der Waals surface area contributed by atoms with Crippen molar-refractivity contribution < 1.29 is 26.1 Å². The van der Waals surface area contributed by atoms with E-state index >= 15 is 0 Å². The summed E-state index contributed by atoms with van der Waals surface area (Å²) in [6, 6.07) is 1.56. The SMILES string of the molecule is CS(=O)(=O)c1c(F)cc(-c2cc(N)no2)c(F)c1F. The predicted molar refractivity (Wildman–Crippen MR) is 59.3 cm³/mol. The van der Waals surface area contributed by atoms with E-state index in [1.807, 2.05) is 0 Å². The Morgan fingerprint density at radius 1 is 1.21 bits per heavy atom. The second kappa shape index (κ2) is 4.26. The lowest BCUT2D eigenvalue weighted by Crippen LogP contribution is -2.07. The lowest BCUT2D eigenvalue weighted by molar-refractivity contribution is 0.424. The Balaban J connectivity index is 2.75. The van der Waals surface area contributed by atoms with E-state index < -0.39 is 37.7 Å². The molecule has 0 fully saturated rings. The van der Waals surface area contributed by atoms with Crippen LogP contribution in [-0.4, -0.2) is 19.8 Å². The van der Waals surface area contributed by atoms with E-state index in [0.717, 1.165) is 6.07 Å². The lowest BCUT2D eigenvalue weighted by Gasteiger charge is -2.06. The van der Waals surface area contributed by atoms with Crippen LogP contribution in [-0.2, 0) is 9.84 Å². The van der Waals surface area contributed by atoms with Crippen molar-refractivity contribution >= 4 is 15.7 Å². The number of benzene rings is 1. The molecule has 0 saturated carbocycles. The van der Waals surface area contributed by atoms with E-state index in [1.165, 1.54) is 0 Å². The zero-order valence-corrected chi connectivity index (χ0v) is 10.3. The van der Waals surface area contributed by atoms with Crippen molar-refractivity contribution in [2.24, 2.45) is 0 Å². The van der Waals surface area contributed by atoms with Crippen LogP contribution in [0.1, 0.15) is 0 Å². The molecule has 1 aromatic carbocycles. The molecule has 0 unspecified atom stereocenters. The first kappa shape index (κ1) is 13.4. The van der Waals surface area contributed by atoms with Crippen molar-refractivity contribution in [2.75, 3.05) is 12.0 Å². The molecule has 0 atom stereocenters. The van der Waals surface area contributed by atoms with Crippen LogP contribution < -0.4 is 5.73 Å². The molecule has 0 amide bonds. The van der Waals surface area contributed by atoms with Crippen molar-refractivity contribution in [2.45, 2.75) is 4.90 Å². The maximum Gasteiger partial charge on any atom is 0.181 e. The summed E-state index contributed by atoms with van der Waals surface area (Å²) >= 11 is 0. The maximum atomic E-state index is 13.7. The summed E-state index contributed by atoms with van der Waals surface area (Å²) < 4.78 is 67.9. The summed E-state index contributed by atoms with van der Waals surface area (Å²) in [5.41, 5.74) is 4.63. The van der Waals surface area contributed by atoms with E-state index in [1.54, 1.807) is 0 Å². The fraction of sp³-hybridized carbons (Fsp3) is 0.100. The Hall–Kier alpha value is -2.03. The molecule has 0 radical (unpaired) electrons. The van der Waals surface area contributed by atoms with Gasteiger partial charge in [-0.15, -0.1) is 0 Å². The standard InChI is InChI=1S/C10H7F3N2O3S/c1-19(16,17)10-5(11)2-4(8(12)9(10)13)6-3-7(14)15-18-6/h2-3H,1H3,(H2,14,15). The van der Waals surface area contributed by atoms with Gasteiger partial charge in [0.05, 0.1) is 5.56 Å². The van der Waals surface area contributed by atoms with Gasteiger partial charge in [0, 0.05) is 12.3 Å². The van der Waals surface area contributed by atoms with Crippen LogP contribution in [0.4, 0.5) is 19.0 Å². The van der Waals surface area contributed by atoms with E-state index in [2.05, 4.69) is 9.68 Å². The van der Waals surface area contributed by atoms with Gasteiger partial charge in [-0.25, -0.2) is 21.6 Å². The summed E-state index contributed by atoms with van der Waals surface area (Å²) in [6.07, 6.45) is 0.569. The minimum Gasteiger partial charge on any atom is -0.381 e. The van der Waals surface area contributed by atoms with Gasteiger partial charge in [-0.3, -0.25) is 0 Å². The van der Waals surface area contributed by atoms with Crippen LogP contribution in [0.25, 0.3) is 11.3 Å². The van der Waals surface area contributed by atoms with Crippen LogP contribution in [0.5, 0.6) is 0 Å². The van der Waals surface area contributed by atoms with Crippen LogP contribution in [0.2, 0.25) is 0 Å². The second-order valence-electron chi connectivity index (χ2n) is 3.75. The fourth-order valence-electron chi connectivity index (χ4n) is 1.51. The third kappa shape index (κ3) is 2.28. The van der Waals surface area contributed by atoms with Gasteiger partial charge in [-0.05, 0) is 6.07 Å². The van der Waals surface area contributed by atoms with Gasteiger partial charge in [0.25, 0.3) is 0 Å². The molecule has 0 bridgehead atoms.